The molecule has 130 valence electrons. The fraction of sp³-hybridized carbons (Fsp3) is 0.588. The summed E-state index contributed by atoms with van der Waals surface area (Å²) in [6.45, 7) is 1.93. The third kappa shape index (κ3) is 2.80. The Bertz CT molecular complexity index is 963. The number of aromatic nitrogens is 2. The highest BCUT2D eigenvalue weighted by Crippen LogP contribution is 2.38. The second-order valence-corrected chi connectivity index (χ2v) is 9.23. The van der Waals surface area contributed by atoms with Gasteiger partial charge in [-0.05, 0) is 56.2 Å². The van der Waals surface area contributed by atoms with Gasteiger partial charge in [-0.2, -0.15) is 0 Å². The second-order valence-electron chi connectivity index (χ2n) is 7.58. The van der Waals surface area contributed by atoms with E-state index in [4.69, 9.17) is 0 Å². The molecule has 2 saturated carbocycles. The fourth-order valence-corrected chi connectivity index (χ4v) is 5.05. The van der Waals surface area contributed by atoms with Crippen LogP contribution in [-0.4, -0.2) is 23.5 Å². The van der Waals surface area contributed by atoms with Crippen molar-refractivity contribution in [2.24, 2.45) is 13.0 Å². The standard InChI is InChI=1S/C17H23N3O3S/c1-17(9-10-17)19-24(22,23)14-8-7-13-15(20(2)16(21)18-13)12(14)6-5-11-3-4-11/h7-8,11,19H,3-6,9-10H2,1-2H3,(H,18,21). The van der Waals surface area contributed by atoms with Crippen molar-refractivity contribution < 1.29 is 8.42 Å². The van der Waals surface area contributed by atoms with Gasteiger partial charge < -0.3 is 4.98 Å². The van der Waals surface area contributed by atoms with Crippen LogP contribution in [0, 0.1) is 5.92 Å². The lowest BCUT2D eigenvalue weighted by atomic mass is 10.1. The highest BCUT2D eigenvalue weighted by atomic mass is 32.2. The maximum Gasteiger partial charge on any atom is 0.326 e. The van der Waals surface area contributed by atoms with Crippen LogP contribution in [0.1, 0.15) is 44.6 Å². The first-order valence-corrected chi connectivity index (χ1v) is 10.0. The summed E-state index contributed by atoms with van der Waals surface area (Å²) in [6.07, 6.45) is 5.84. The van der Waals surface area contributed by atoms with Gasteiger partial charge in [-0.25, -0.2) is 17.9 Å². The van der Waals surface area contributed by atoms with Crippen molar-refractivity contribution in [1.82, 2.24) is 14.3 Å². The molecule has 1 aromatic carbocycles. The van der Waals surface area contributed by atoms with E-state index in [9.17, 15) is 13.2 Å². The zero-order valence-electron chi connectivity index (χ0n) is 14.1. The molecule has 24 heavy (non-hydrogen) atoms. The van der Waals surface area contributed by atoms with E-state index in [1.165, 1.54) is 17.4 Å². The molecule has 2 N–H and O–H groups in total. The van der Waals surface area contributed by atoms with Crippen LogP contribution in [0.4, 0.5) is 0 Å². The van der Waals surface area contributed by atoms with E-state index in [1.807, 2.05) is 6.92 Å². The number of imidazole rings is 1. The molecule has 0 saturated heterocycles. The molecule has 1 heterocycles. The fourth-order valence-electron chi connectivity index (χ4n) is 3.32. The SMILES string of the molecule is Cn1c(=O)[nH]c2ccc(S(=O)(=O)NC3(C)CC3)c(CCC3CC3)c21. The summed E-state index contributed by atoms with van der Waals surface area (Å²) < 4.78 is 30.2. The van der Waals surface area contributed by atoms with Gasteiger partial charge in [0.05, 0.1) is 15.9 Å². The van der Waals surface area contributed by atoms with Crippen molar-refractivity contribution in [3.63, 3.8) is 0 Å². The minimum Gasteiger partial charge on any atom is -0.306 e. The predicted octanol–water partition coefficient (Wildman–Crippen LogP) is 2.04. The normalized spacial score (nSPS) is 19.8. The van der Waals surface area contributed by atoms with Crippen molar-refractivity contribution in [3.05, 3.63) is 28.2 Å². The Kier molecular flexibility index (Phi) is 3.44. The topological polar surface area (TPSA) is 84.0 Å². The molecule has 0 spiro atoms. The number of hydrogen-bond acceptors (Lipinski definition) is 3. The number of hydrogen-bond donors (Lipinski definition) is 2. The molecule has 2 aliphatic carbocycles. The zero-order valence-corrected chi connectivity index (χ0v) is 14.9. The Morgan fingerprint density at radius 1 is 1.33 bits per heavy atom. The smallest absolute Gasteiger partial charge is 0.306 e. The van der Waals surface area contributed by atoms with E-state index in [0.717, 1.165) is 24.8 Å². The molecular weight excluding hydrogens is 326 g/mol. The van der Waals surface area contributed by atoms with Gasteiger partial charge in [0.15, 0.2) is 0 Å². The van der Waals surface area contributed by atoms with Crippen LogP contribution in [0.2, 0.25) is 0 Å². The monoisotopic (exact) mass is 349 g/mol. The van der Waals surface area contributed by atoms with Crippen molar-refractivity contribution in [2.75, 3.05) is 0 Å². The molecule has 2 aliphatic rings. The van der Waals surface area contributed by atoms with E-state index in [-0.39, 0.29) is 11.2 Å². The molecule has 0 radical (unpaired) electrons. The third-order valence-corrected chi connectivity index (χ3v) is 7.01. The molecule has 0 aliphatic heterocycles. The minimum atomic E-state index is -3.59. The summed E-state index contributed by atoms with van der Waals surface area (Å²) in [7, 11) is -1.90. The molecule has 7 heteroatoms. The molecular formula is C17H23N3O3S. The summed E-state index contributed by atoms with van der Waals surface area (Å²) in [6, 6.07) is 3.33. The number of fused-ring (bicyclic) bond motifs is 1. The molecule has 0 bridgehead atoms. The Morgan fingerprint density at radius 2 is 2.04 bits per heavy atom. The van der Waals surface area contributed by atoms with Crippen molar-refractivity contribution in [2.45, 2.75) is 55.9 Å². The highest BCUT2D eigenvalue weighted by molar-refractivity contribution is 7.89. The number of sulfonamides is 1. The lowest BCUT2D eigenvalue weighted by Gasteiger charge is -2.16. The lowest BCUT2D eigenvalue weighted by molar-refractivity contribution is 0.556. The molecule has 2 fully saturated rings. The first kappa shape index (κ1) is 15.9. The molecule has 6 nitrogen and oxygen atoms in total. The van der Waals surface area contributed by atoms with Crippen LogP contribution in [0.3, 0.4) is 0 Å². The molecule has 4 rings (SSSR count). The number of nitrogens with zero attached hydrogens (tertiary/aromatic N) is 1. The number of benzene rings is 1. The summed E-state index contributed by atoms with van der Waals surface area (Å²) in [5.74, 6) is 0.695. The van der Waals surface area contributed by atoms with Crippen LogP contribution in [0.15, 0.2) is 21.8 Å². The molecule has 1 aromatic heterocycles. The quantitative estimate of drug-likeness (QED) is 0.837. The van der Waals surface area contributed by atoms with Crippen LogP contribution in [-0.2, 0) is 23.5 Å². The Balaban J connectivity index is 1.85. The maximum atomic E-state index is 12.9. The van der Waals surface area contributed by atoms with Gasteiger partial charge in [-0.15, -0.1) is 0 Å². The second kappa shape index (κ2) is 5.20. The van der Waals surface area contributed by atoms with Crippen molar-refractivity contribution in [3.8, 4) is 0 Å². The summed E-state index contributed by atoms with van der Waals surface area (Å²) in [5, 5.41) is 0. The van der Waals surface area contributed by atoms with Crippen LogP contribution >= 0.6 is 0 Å². The lowest BCUT2D eigenvalue weighted by Crippen LogP contribution is -2.34. The number of aryl methyl sites for hydroxylation is 2. The highest BCUT2D eigenvalue weighted by Gasteiger charge is 2.42. The third-order valence-electron chi connectivity index (χ3n) is 5.29. The maximum absolute atomic E-state index is 12.9. The zero-order chi connectivity index (χ0) is 17.1. The van der Waals surface area contributed by atoms with Crippen molar-refractivity contribution in [1.29, 1.82) is 0 Å². The van der Waals surface area contributed by atoms with E-state index >= 15 is 0 Å². The Morgan fingerprint density at radius 3 is 2.67 bits per heavy atom. The van der Waals surface area contributed by atoms with E-state index in [1.54, 1.807) is 19.2 Å². The van der Waals surface area contributed by atoms with E-state index in [0.29, 0.717) is 28.3 Å². The number of rotatable bonds is 6. The van der Waals surface area contributed by atoms with Gasteiger partial charge in [0.1, 0.15) is 0 Å². The van der Waals surface area contributed by atoms with Gasteiger partial charge in [0.2, 0.25) is 10.0 Å². The van der Waals surface area contributed by atoms with Gasteiger partial charge in [0.25, 0.3) is 0 Å². The van der Waals surface area contributed by atoms with Crippen LogP contribution in [0.5, 0.6) is 0 Å². The van der Waals surface area contributed by atoms with Crippen LogP contribution < -0.4 is 10.4 Å². The summed E-state index contributed by atoms with van der Waals surface area (Å²) >= 11 is 0. The minimum absolute atomic E-state index is 0.214. The molecule has 2 aromatic rings. The van der Waals surface area contributed by atoms with Gasteiger partial charge in [0, 0.05) is 12.6 Å². The average Bonchev–Trinajstić information content (AvgIpc) is 3.41. The number of aromatic amines is 1. The largest absolute Gasteiger partial charge is 0.326 e. The molecule has 0 atom stereocenters. The van der Waals surface area contributed by atoms with E-state index in [2.05, 4.69) is 9.71 Å². The summed E-state index contributed by atoms with van der Waals surface area (Å²) in [5.41, 5.74) is 1.65. The number of H-pyrrole nitrogens is 1. The molecule has 0 unspecified atom stereocenters. The van der Waals surface area contributed by atoms with Gasteiger partial charge in [-0.3, -0.25) is 4.57 Å². The van der Waals surface area contributed by atoms with Crippen LogP contribution in [0.25, 0.3) is 11.0 Å². The Labute approximate surface area is 141 Å². The first-order valence-electron chi connectivity index (χ1n) is 8.54. The summed E-state index contributed by atoms with van der Waals surface area (Å²) in [4.78, 5) is 15.1. The van der Waals surface area contributed by atoms with Gasteiger partial charge in [-0.1, -0.05) is 12.8 Å². The number of nitrogens with one attached hydrogen (secondary N) is 2. The average molecular weight is 349 g/mol. The van der Waals surface area contributed by atoms with E-state index < -0.39 is 10.0 Å². The predicted molar refractivity (Wildman–Crippen MR) is 92.5 cm³/mol. The van der Waals surface area contributed by atoms with Crippen molar-refractivity contribution >= 4 is 21.1 Å². The van der Waals surface area contributed by atoms with Gasteiger partial charge >= 0.3 is 5.69 Å². The Hall–Kier alpha value is -1.60. The first-order chi connectivity index (χ1) is 11.3. The molecule has 0 amide bonds.